The minimum Gasteiger partial charge on any atom is -0.507 e. The number of aromatic hydroxyl groups is 1. The zero-order valence-electron chi connectivity index (χ0n) is 19.0. The second-order valence-corrected chi connectivity index (χ2v) is 7.24. The van der Waals surface area contributed by atoms with Crippen LogP contribution in [0.5, 0.6) is 23.0 Å². The first-order valence-electron chi connectivity index (χ1n) is 10.8. The Balaban J connectivity index is 1.62. The minimum atomic E-state index is -0.548. The molecule has 0 atom stereocenters. The number of benzene rings is 3. The molecule has 0 aliphatic rings. The zero-order chi connectivity index (χ0) is 24.3. The molecule has 0 radical (unpaired) electrons. The van der Waals surface area contributed by atoms with Crippen molar-refractivity contribution in [1.29, 1.82) is 0 Å². The van der Waals surface area contributed by atoms with Gasteiger partial charge < -0.3 is 19.3 Å². The molecule has 0 saturated carbocycles. The fraction of sp³-hybridized carbons (Fsp3) is 0.192. The number of amides is 1. The van der Waals surface area contributed by atoms with E-state index in [0.29, 0.717) is 29.2 Å². The maximum absolute atomic E-state index is 12.5. The smallest absolute Gasteiger partial charge is 0.343 e. The number of para-hydroxylation sites is 1. The molecule has 34 heavy (non-hydrogen) atoms. The molecular formula is C26H26N2O6. The molecule has 0 aliphatic heterocycles. The third-order valence-electron chi connectivity index (χ3n) is 4.78. The number of hydrogen-bond donors (Lipinski definition) is 2. The number of hydrazone groups is 1. The normalized spacial score (nSPS) is 10.6. The summed E-state index contributed by atoms with van der Waals surface area (Å²) in [5.74, 6) is 0.0425. The highest BCUT2D eigenvalue weighted by Gasteiger charge is 2.13. The number of carbonyl (C=O) groups is 2. The number of nitrogens with one attached hydrogen (secondary N) is 1. The fourth-order valence-electron chi connectivity index (χ4n) is 2.92. The van der Waals surface area contributed by atoms with Gasteiger partial charge in [-0.25, -0.2) is 10.2 Å². The van der Waals surface area contributed by atoms with E-state index < -0.39 is 11.9 Å². The number of phenols is 1. The van der Waals surface area contributed by atoms with Gasteiger partial charge in [0, 0.05) is 0 Å². The quantitative estimate of drug-likeness (QED) is 0.150. The third kappa shape index (κ3) is 6.59. The van der Waals surface area contributed by atoms with Crippen LogP contribution in [0.1, 0.15) is 46.0 Å². The van der Waals surface area contributed by atoms with Gasteiger partial charge in [-0.1, -0.05) is 25.5 Å². The molecule has 3 aromatic rings. The third-order valence-corrected chi connectivity index (χ3v) is 4.78. The molecule has 0 aliphatic carbocycles. The summed E-state index contributed by atoms with van der Waals surface area (Å²) in [6.45, 7) is 2.72. The molecule has 0 fully saturated rings. The van der Waals surface area contributed by atoms with Crippen molar-refractivity contribution in [2.24, 2.45) is 5.10 Å². The van der Waals surface area contributed by atoms with Crippen molar-refractivity contribution in [2.45, 2.75) is 19.8 Å². The van der Waals surface area contributed by atoms with E-state index in [1.807, 2.05) is 0 Å². The lowest BCUT2D eigenvalue weighted by molar-refractivity contribution is 0.0729. The lowest BCUT2D eigenvalue weighted by Gasteiger charge is -2.10. The number of carbonyl (C=O) groups excluding carboxylic acids is 2. The predicted molar refractivity (Wildman–Crippen MR) is 128 cm³/mol. The Hall–Kier alpha value is -4.33. The molecule has 0 saturated heterocycles. The second kappa shape index (κ2) is 12.1. The molecule has 0 aromatic heterocycles. The van der Waals surface area contributed by atoms with Crippen molar-refractivity contribution in [3.8, 4) is 23.0 Å². The fourth-order valence-corrected chi connectivity index (χ4v) is 2.92. The van der Waals surface area contributed by atoms with E-state index in [2.05, 4.69) is 17.5 Å². The van der Waals surface area contributed by atoms with Gasteiger partial charge in [0.2, 0.25) is 0 Å². The molecule has 1 amide bonds. The standard InChI is InChI=1S/C26H26N2O6/c1-3-4-15-33-20-12-10-19(11-13-20)26(31)34-23-14-9-18(16-24(23)32-2)17-27-28-25(30)21-7-5-6-8-22(21)29/h5-14,16-17,29H,3-4,15H2,1-2H3,(H,28,30). The van der Waals surface area contributed by atoms with E-state index in [-0.39, 0.29) is 17.1 Å². The summed E-state index contributed by atoms with van der Waals surface area (Å²) in [7, 11) is 1.45. The summed E-state index contributed by atoms with van der Waals surface area (Å²) in [6.07, 6.45) is 3.42. The summed E-state index contributed by atoms with van der Waals surface area (Å²) in [6, 6.07) is 17.7. The van der Waals surface area contributed by atoms with Crippen LogP contribution in [0, 0.1) is 0 Å². The van der Waals surface area contributed by atoms with Crippen LogP contribution in [0.15, 0.2) is 71.8 Å². The number of esters is 1. The molecule has 0 spiro atoms. The van der Waals surface area contributed by atoms with Gasteiger partial charge in [-0.15, -0.1) is 0 Å². The number of nitrogens with zero attached hydrogens (tertiary/aromatic N) is 1. The number of hydrogen-bond acceptors (Lipinski definition) is 7. The molecular weight excluding hydrogens is 436 g/mol. The van der Waals surface area contributed by atoms with E-state index in [1.54, 1.807) is 54.6 Å². The Kier molecular flexibility index (Phi) is 8.62. The molecule has 0 heterocycles. The summed E-state index contributed by atoms with van der Waals surface area (Å²) < 4.78 is 16.4. The molecule has 0 unspecified atom stereocenters. The highest BCUT2D eigenvalue weighted by molar-refractivity contribution is 5.97. The van der Waals surface area contributed by atoms with Crippen molar-refractivity contribution in [1.82, 2.24) is 5.43 Å². The van der Waals surface area contributed by atoms with Crippen molar-refractivity contribution in [2.75, 3.05) is 13.7 Å². The largest absolute Gasteiger partial charge is 0.507 e. The van der Waals surface area contributed by atoms with E-state index >= 15 is 0 Å². The lowest BCUT2D eigenvalue weighted by atomic mass is 10.2. The van der Waals surface area contributed by atoms with E-state index in [4.69, 9.17) is 14.2 Å². The lowest BCUT2D eigenvalue weighted by Crippen LogP contribution is -2.17. The molecule has 2 N–H and O–H groups in total. The summed E-state index contributed by atoms with van der Waals surface area (Å²) in [4.78, 5) is 24.6. The topological polar surface area (TPSA) is 106 Å². The Labute approximate surface area is 197 Å². The Morgan fingerprint density at radius 3 is 2.50 bits per heavy atom. The van der Waals surface area contributed by atoms with E-state index in [0.717, 1.165) is 12.8 Å². The van der Waals surface area contributed by atoms with Crippen molar-refractivity contribution < 1.29 is 28.9 Å². The van der Waals surface area contributed by atoms with Crippen molar-refractivity contribution in [3.63, 3.8) is 0 Å². The van der Waals surface area contributed by atoms with E-state index in [1.165, 1.54) is 25.5 Å². The van der Waals surface area contributed by atoms with Gasteiger partial charge in [0.15, 0.2) is 11.5 Å². The van der Waals surface area contributed by atoms with Crippen LogP contribution < -0.4 is 19.6 Å². The number of rotatable bonds is 10. The second-order valence-electron chi connectivity index (χ2n) is 7.24. The number of phenolic OH excluding ortho intramolecular Hbond substituents is 1. The first-order chi connectivity index (χ1) is 16.5. The van der Waals surface area contributed by atoms with Crippen LogP contribution >= 0.6 is 0 Å². The van der Waals surface area contributed by atoms with E-state index in [9.17, 15) is 14.7 Å². The summed E-state index contributed by atoms with van der Waals surface area (Å²) in [5, 5.41) is 13.6. The first kappa shape index (κ1) is 24.3. The number of ether oxygens (including phenoxy) is 3. The van der Waals surface area contributed by atoms with Crippen LogP contribution in [0.25, 0.3) is 0 Å². The molecule has 0 bridgehead atoms. The van der Waals surface area contributed by atoms with Gasteiger partial charge in [-0.05, 0) is 66.6 Å². The van der Waals surface area contributed by atoms with Crippen LogP contribution in [0.4, 0.5) is 0 Å². The van der Waals surface area contributed by atoms with Crippen molar-refractivity contribution >= 4 is 18.1 Å². The van der Waals surface area contributed by atoms with Crippen molar-refractivity contribution in [3.05, 3.63) is 83.4 Å². The average Bonchev–Trinajstić information content (AvgIpc) is 2.85. The summed E-state index contributed by atoms with van der Waals surface area (Å²) >= 11 is 0. The Morgan fingerprint density at radius 2 is 1.79 bits per heavy atom. The Morgan fingerprint density at radius 1 is 1.03 bits per heavy atom. The SMILES string of the molecule is CCCCOc1ccc(C(=O)Oc2ccc(C=NNC(=O)c3ccccc3O)cc2OC)cc1. The van der Waals surface area contributed by atoms with Gasteiger partial charge in [0.05, 0.1) is 31.1 Å². The molecule has 3 rings (SSSR count). The predicted octanol–water partition coefficient (Wildman–Crippen LogP) is 4.56. The highest BCUT2D eigenvalue weighted by Crippen LogP contribution is 2.28. The van der Waals surface area contributed by atoms with Crippen LogP contribution in [-0.2, 0) is 0 Å². The molecule has 3 aromatic carbocycles. The van der Waals surface area contributed by atoms with Crippen LogP contribution in [0.3, 0.4) is 0 Å². The Bertz CT molecular complexity index is 1160. The maximum Gasteiger partial charge on any atom is 0.343 e. The monoisotopic (exact) mass is 462 g/mol. The van der Waals surface area contributed by atoms with Crippen LogP contribution in [-0.4, -0.2) is 36.9 Å². The molecule has 176 valence electrons. The highest BCUT2D eigenvalue weighted by atomic mass is 16.6. The van der Waals surface area contributed by atoms with Gasteiger partial charge >= 0.3 is 5.97 Å². The van der Waals surface area contributed by atoms with Gasteiger partial charge in [0.1, 0.15) is 11.5 Å². The maximum atomic E-state index is 12.5. The van der Waals surface area contributed by atoms with Gasteiger partial charge in [-0.2, -0.15) is 5.10 Å². The minimum absolute atomic E-state index is 0.111. The first-order valence-corrected chi connectivity index (χ1v) is 10.8. The van der Waals surface area contributed by atoms with Gasteiger partial charge in [0.25, 0.3) is 5.91 Å². The summed E-state index contributed by atoms with van der Waals surface area (Å²) in [5.41, 5.74) is 3.44. The number of unbranched alkanes of at least 4 members (excludes halogenated alkanes) is 1. The average molecular weight is 463 g/mol. The molecule has 8 heteroatoms. The number of methoxy groups -OCH3 is 1. The molecule has 8 nitrogen and oxygen atoms in total. The van der Waals surface area contributed by atoms with Crippen LogP contribution in [0.2, 0.25) is 0 Å². The van der Waals surface area contributed by atoms with Gasteiger partial charge in [-0.3, -0.25) is 4.79 Å². The zero-order valence-corrected chi connectivity index (χ0v) is 19.0.